The number of aryl methyl sites for hydroxylation is 1. The minimum atomic E-state index is -0.568. The average Bonchev–Trinajstić information content (AvgIpc) is 2.69. The van der Waals surface area contributed by atoms with Crippen molar-refractivity contribution in [2.45, 2.75) is 71.8 Å². The molecule has 0 saturated heterocycles. The van der Waals surface area contributed by atoms with Gasteiger partial charge in [-0.1, -0.05) is 26.0 Å². The summed E-state index contributed by atoms with van der Waals surface area (Å²) in [4.78, 5) is 13.6. The number of fused-ring (bicyclic) bond motifs is 3. The fourth-order valence-corrected chi connectivity index (χ4v) is 4.47. The molecule has 0 bridgehead atoms. The normalized spacial score (nSPS) is 19.4. The molecular formula is C26H32O5. The lowest BCUT2D eigenvalue weighted by Crippen LogP contribution is -2.35. The predicted octanol–water partition coefficient (Wildman–Crippen LogP) is 5.46. The van der Waals surface area contributed by atoms with Crippen molar-refractivity contribution in [2.24, 2.45) is 5.92 Å². The average molecular weight is 425 g/mol. The Balaban J connectivity index is 1.83. The number of aromatic hydroxyl groups is 2. The number of phenols is 2. The summed E-state index contributed by atoms with van der Waals surface area (Å²) >= 11 is 0. The highest BCUT2D eigenvalue weighted by Crippen LogP contribution is 2.51. The van der Waals surface area contributed by atoms with E-state index in [2.05, 4.69) is 13.8 Å². The fourth-order valence-electron chi connectivity index (χ4n) is 4.47. The first kappa shape index (κ1) is 21.5. The fraction of sp³-hybridized carbons (Fsp3) is 0.500. The van der Waals surface area contributed by atoms with Gasteiger partial charge in [0.05, 0.1) is 5.92 Å². The van der Waals surface area contributed by atoms with E-state index in [9.17, 15) is 15.0 Å². The van der Waals surface area contributed by atoms with Crippen LogP contribution in [0.15, 0.2) is 18.2 Å². The summed E-state index contributed by atoms with van der Waals surface area (Å²) in [6.45, 7) is 10.4. The zero-order valence-electron chi connectivity index (χ0n) is 19.0. The summed E-state index contributed by atoms with van der Waals surface area (Å²) in [6, 6.07) is 5.25. The molecule has 5 heteroatoms. The van der Waals surface area contributed by atoms with Gasteiger partial charge in [0, 0.05) is 11.1 Å². The molecule has 0 aliphatic carbocycles. The van der Waals surface area contributed by atoms with E-state index in [-0.39, 0.29) is 35.1 Å². The van der Waals surface area contributed by atoms with E-state index in [1.165, 1.54) is 0 Å². The molecule has 2 aromatic rings. The zero-order valence-corrected chi connectivity index (χ0v) is 19.0. The second-order valence-electron chi connectivity index (χ2n) is 9.91. The minimum absolute atomic E-state index is 0.0156. The van der Waals surface area contributed by atoms with E-state index in [0.717, 1.165) is 30.4 Å². The number of hydrogen-bond acceptors (Lipinski definition) is 5. The minimum Gasteiger partial charge on any atom is -0.508 e. The van der Waals surface area contributed by atoms with Gasteiger partial charge in [0.15, 0.2) is 5.78 Å². The molecule has 2 aliphatic rings. The highest BCUT2D eigenvalue weighted by molar-refractivity contribution is 6.07. The van der Waals surface area contributed by atoms with Gasteiger partial charge in [-0.3, -0.25) is 4.79 Å². The number of carbonyl (C=O) groups is 1. The van der Waals surface area contributed by atoms with Crippen LogP contribution in [0.5, 0.6) is 23.0 Å². The Morgan fingerprint density at radius 2 is 1.94 bits per heavy atom. The molecule has 0 aromatic heterocycles. The Morgan fingerprint density at radius 3 is 2.61 bits per heavy atom. The summed E-state index contributed by atoms with van der Waals surface area (Å²) in [6.07, 6.45) is 3.07. The second-order valence-corrected chi connectivity index (χ2v) is 9.91. The molecule has 0 amide bonds. The van der Waals surface area contributed by atoms with Gasteiger partial charge in [-0.15, -0.1) is 0 Å². The van der Waals surface area contributed by atoms with Gasteiger partial charge in [-0.2, -0.15) is 0 Å². The van der Waals surface area contributed by atoms with Crippen LogP contribution in [-0.2, 0) is 12.8 Å². The van der Waals surface area contributed by atoms with E-state index in [4.69, 9.17) is 9.47 Å². The van der Waals surface area contributed by atoms with Crippen molar-refractivity contribution in [3.8, 4) is 23.0 Å². The maximum absolute atomic E-state index is 13.6. The van der Waals surface area contributed by atoms with Gasteiger partial charge in [0.25, 0.3) is 0 Å². The van der Waals surface area contributed by atoms with Gasteiger partial charge >= 0.3 is 0 Å². The number of Topliss-reactive ketones (excluding diaryl/α,β-unsaturated/α-hetero) is 1. The molecule has 166 valence electrons. The third-order valence-electron chi connectivity index (χ3n) is 6.49. The van der Waals surface area contributed by atoms with E-state index in [0.29, 0.717) is 35.0 Å². The summed E-state index contributed by atoms with van der Waals surface area (Å²) in [5.74, 6) is 1.01. The van der Waals surface area contributed by atoms with Gasteiger partial charge in [0.2, 0.25) is 0 Å². The van der Waals surface area contributed by atoms with Crippen LogP contribution in [-0.4, -0.2) is 28.2 Å². The number of benzene rings is 2. The van der Waals surface area contributed by atoms with Crippen LogP contribution in [0.25, 0.3) is 0 Å². The van der Waals surface area contributed by atoms with Crippen LogP contribution >= 0.6 is 0 Å². The molecule has 4 rings (SSSR count). The number of rotatable bonds is 4. The molecule has 0 radical (unpaired) electrons. The van der Waals surface area contributed by atoms with E-state index in [1.807, 2.05) is 26.8 Å². The second kappa shape index (κ2) is 7.77. The zero-order chi connectivity index (χ0) is 22.5. The Bertz CT molecular complexity index is 1030. The lowest BCUT2D eigenvalue weighted by molar-refractivity contribution is 0.0786. The van der Waals surface area contributed by atoms with Crippen molar-refractivity contribution in [1.82, 2.24) is 0 Å². The molecule has 0 spiro atoms. The summed E-state index contributed by atoms with van der Waals surface area (Å²) in [5.41, 5.74) is 2.97. The molecule has 31 heavy (non-hydrogen) atoms. The summed E-state index contributed by atoms with van der Waals surface area (Å²) in [7, 11) is 0. The van der Waals surface area contributed by atoms with E-state index < -0.39 is 5.92 Å². The van der Waals surface area contributed by atoms with Crippen molar-refractivity contribution in [3.05, 3.63) is 46.0 Å². The Labute approximate surface area is 184 Å². The van der Waals surface area contributed by atoms with Gasteiger partial charge in [-0.25, -0.2) is 0 Å². The first-order valence-corrected chi connectivity index (χ1v) is 11.1. The van der Waals surface area contributed by atoms with Gasteiger partial charge in [0.1, 0.15) is 40.8 Å². The molecule has 1 atom stereocenters. The van der Waals surface area contributed by atoms with Crippen LogP contribution in [0.2, 0.25) is 0 Å². The van der Waals surface area contributed by atoms with Crippen LogP contribution in [0.1, 0.15) is 79.1 Å². The molecule has 1 unspecified atom stereocenters. The number of phenolic OH excluding ortho intramolecular Hbond substituents is 2. The van der Waals surface area contributed by atoms with Gasteiger partial charge in [-0.05, 0) is 69.6 Å². The molecule has 2 aromatic carbocycles. The summed E-state index contributed by atoms with van der Waals surface area (Å²) < 4.78 is 12.4. The van der Waals surface area contributed by atoms with Crippen molar-refractivity contribution in [2.75, 3.05) is 6.61 Å². The Morgan fingerprint density at radius 1 is 1.19 bits per heavy atom. The largest absolute Gasteiger partial charge is 0.508 e. The van der Waals surface area contributed by atoms with Crippen LogP contribution in [0.3, 0.4) is 0 Å². The molecule has 2 aliphatic heterocycles. The Kier molecular flexibility index (Phi) is 5.40. The topological polar surface area (TPSA) is 76.0 Å². The smallest absolute Gasteiger partial charge is 0.181 e. The highest BCUT2D eigenvalue weighted by Gasteiger charge is 2.40. The van der Waals surface area contributed by atoms with Gasteiger partial charge < -0.3 is 19.7 Å². The predicted molar refractivity (Wildman–Crippen MR) is 120 cm³/mol. The first-order valence-electron chi connectivity index (χ1n) is 11.1. The van der Waals surface area contributed by atoms with E-state index >= 15 is 0 Å². The van der Waals surface area contributed by atoms with Crippen LogP contribution in [0, 0.1) is 12.8 Å². The number of ketones is 1. The number of carbonyl (C=O) groups excluding carboxylic acids is 1. The standard InChI is InChI=1S/C26H32O5/c1-14(2)6-9-17-22(28)21-23(29)19(16-8-7-15(3)20(27)12-16)13-30-25(21)18-10-11-26(4,5)31-24(17)18/h7-8,12,14,19,27-28H,6,9-11,13H2,1-5H3. The number of hydrogen-bond donors (Lipinski definition) is 2. The monoisotopic (exact) mass is 424 g/mol. The van der Waals surface area contributed by atoms with E-state index in [1.54, 1.807) is 12.1 Å². The molecule has 0 fully saturated rings. The van der Waals surface area contributed by atoms with Crippen molar-refractivity contribution >= 4 is 5.78 Å². The third kappa shape index (κ3) is 3.86. The third-order valence-corrected chi connectivity index (χ3v) is 6.49. The molecule has 0 saturated carbocycles. The van der Waals surface area contributed by atoms with Crippen molar-refractivity contribution in [1.29, 1.82) is 0 Å². The Hall–Kier alpha value is -2.69. The van der Waals surface area contributed by atoms with Crippen molar-refractivity contribution < 1.29 is 24.5 Å². The lowest BCUT2D eigenvalue weighted by Gasteiger charge is -2.37. The maximum atomic E-state index is 13.6. The highest BCUT2D eigenvalue weighted by atomic mass is 16.5. The SMILES string of the molecule is Cc1ccc(C2COc3c4c(c(CCC(C)C)c(O)c3C2=O)OC(C)(C)CC4)cc1O. The molecular weight excluding hydrogens is 392 g/mol. The number of ether oxygens (including phenoxy) is 2. The molecule has 5 nitrogen and oxygen atoms in total. The lowest BCUT2D eigenvalue weighted by atomic mass is 9.82. The van der Waals surface area contributed by atoms with Crippen LogP contribution in [0.4, 0.5) is 0 Å². The van der Waals surface area contributed by atoms with Crippen molar-refractivity contribution in [3.63, 3.8) is 0 Å². The quantitative estimate of drug-likeness (QED) is 0.682. The summed E-state index contributed by atoms with van der Waals surface area (Å²) in [5, 5.41) is 21.4. The first-order chi connectivity index (χ1) is 14.6. The van der Waals surface area contributed by atoms with Crippen LogP contribution < -0.4 is 9.47 Å². The molecule has 2 N–H and O–H groups in total. The maximum Gasteiger partial charge on any atom is 0.181 e. The molecule has 2 heterocycles.